The van der Waals surface area contributed by atoms with E-state index in [4.69, 9.17) is 14.6 Å². The Morgan fingerprint density at radius 2 is 1.31 bits per heavy atom. The maximum Gasteiger partial charge on any atom is 0.192 e. The number of aliphatic hydroxyl groups is 1. The smallest absolute Gasteiger partial charge is 0.192 e. The van der Waals surface area contributed by atoms with Gasteiger partial charge in [-0.05, 0) is 61.9 Å². The van der Waals surface area contributed by atoms with Crippen molar-refractivity contribution < 1.29 is 14.0 Å². The second-order valence-corrected chi connectivity index (χ2v) is 22.2. The Morgan fingerprint density at radius 1 is 0.844 bits per heavy atom. The molecular weight excluding hydrogens is 430 g/mol. The fraction of sp³-hybridized carbons (Fsp3) is 0.923. The van der Waals surface area contributed by atoms with Gasteiger partial charge in [0.25, 0.3) is 0 Å². The molecule has 0 fully saturated rings. The van der Waals surface area contributed by atoms with Gasteiger partial charge in [-0.2, -0.15) is 0 Å². The van der Waals surface area contributed by atoms with Crippen LogP contribution >= 0.6 is 0 Å². The molecule has 0 unspecified atom stereocenters. The van der Waals surface area contributed by atoms with Crippen LogP contribution in [-0.2, 0) is 8.85 Å². The molecule has 0 rings (SSSR count). The van der Waals surface area contributed by atoms with Crippen LogP contribution in [0.1, 0.15) is 93.9 Å². The quantitative estimate of drug-likeness (QED) is 0.198. The van der Waals surface area contributed by atoms with Crippen molar-refractivity contribution in [2.24, 2.45) is 5.73 Å². The second-order valence-electron chi connectivity index (χ2n) is 12.7. The predicted octanol–water partition coefficient (Wildman–Crippen LogP) is 7.39. The van der Waals surface area contributed by atoms with E-state index in [1.54, 1.807) is 0 Å². The van der Waals surface area contributed by atoms with E-state index in [1.807, 2.05) is 12.2 Å². The van der Waals surface area contributed by atoms with Gasteiger partial charge in [-0.1, -0.05) is 74.0 Å². The van der Waals surface area contributed by atoms with Crippen LogP contribution < -0.4 is 5.73 Å². The number of nitrogens with two attached hydrogens (primary N) is 1. The molecule has 0 aromatic rings. The van der Waals surface area contributed by atoms with Gasteiger partial charge in [0.2, 0.25) is 0 Å². The molecule has 0 spiro atoms. The van der Waals surface area contributed by atoms with Crippen molar-refractivity contribution in [3.8, 4) is 0 Å². The van der Waals surface area contributed by atoms with Crippen LogP contribution in [0.25, 0.3) is 0 Å². The summed E-state index contributed by atoms with van der Waals surface area (Å²) in [5.74, 6) is 0. The molecule has 0 amide bonds. The molecule has 0 bridgehead atoms. The zero-order valence-electron chi connectivity index (χ0n) is 23.5. The Kier molecular flexibility index (Phi) is 13.2. The lowest BCUT2D eigenvalue weighted by atomic mass is 10.0. The molecule has 0 radical (unpaired) electrons. The molecule has 0 aliphatic rings. The summed E-state index contributed by atoms with van der Waals surface area (Å²) in [6, 6.07) is 0.0465. The van der Waals surface area contributed by atoms with Gasteiger partial charge >= 0.3 is 0 Å². The minimum Gasteiger partial charge on any atom is -0.414 e. The van der Waals surface area contributed by atoms with E-state index in [0.29, 0.717) is 6.42 Å². The Morgan fingerprint density at radius 3 is 1.72 bits per heavy atom. The van der Waals surface area contributed by atoms with E-state index in [0.717, 1.165) is 32.1 Å². The summed E-state index contributed by atoms with van der Waals surface area (Å²) in [6.07, 6.45) is 9.11. The molecule has 0 aromatic heterocycles. The van der Waals surface area contributed by atoms with Crippen LogP contribution in [0.4, 0.5) is 0 Å². The molecule has 0 aliphatic heterocycles. The highest BCUT2D eigenvalue weighted by Gasteiger charge is 2.40. The molecule has 0 saturated heterocycles. The summed E-state index contributed by atoms with van der Waals surface area (Å²) in [4.78, 5) is 0. The second kappa shape index (κ2) is 13.2. The van der Waals surface area contributed by atoms with Crippen molar-refractivity contribution in [2.75, 3.05) is 0 Å². The van der Waals surface area contributed by atoms with Gasteiger partial charge in [0.15, 0.2) is 16.6 Å². The zero-order chi connectivity index (χ0) is 25.4. The Balaban J connectivity index is 4.78. The first kappa shape index (κ1) is 32.0. The van der Waals surface area contributed by atoms with E-state index in [-0.39, 0.29) is 28.3 Å². The summed E-state index contributed by atoms with van der Waals surface area (Å²) in [6.45, 7) is 27.1. The summed E-state index contributed by atoms with van der Waals surface area (Å²) < 4.78 is 13.2. The van der Waals surface area contributed by atoms with Gasteiger partial charge in [-0.15, -0.1) is 0 Å². The summed E-state index contributed by atoms with van der Waals surface area (Å²) >= 11 is 0. The van der Waals surface area contributed by atoms with Crippen LogP contribution in [0, 0.1) is 0 Å². The first-order valence-corrected chi connectivity index (χ1v) is 18.6. The highest BCUT2D eigenvalue weighted by Crippen LogP contribution is 2.39. The number of hydrogen-bond donors (Lipinski definition) is 2. The normalized spacial score (nSPS) is 18.1. The highest BCUT2D eigenvalue weighted by atomic mass is 28.4. The van der Waals surface area contributed by atoms with Crippen molar-refractivity contribution in [3.05, 3.63) is 12.2 Å². The van der Waals surface area contributed by atoms with E-state index in [1.165, 1.54) is 0 Å². The van der Waals surface area contributed by atoms with Gasteiger partial charge in [0.1, 0.15) is 0 Å². The molecular formula is C26H57NO3Si2. The average Bonchev–Trinajstić information content (AvgIpc) is 2.58. The van der Waals surface area contributed by atoms with E-state index in [9.17, 15) is 5.11 Å². The maximum absolute atomic E-state index is 10.6. The van der Waals surface area contributed by atoms with Crippen LogP contribution in [0.3, 0.4) is 0 Å². The Hall–Kier alpha value is 0.0138. The van der Waals surface area contributed by atoms with E-state index >= 15 is 0 Å². The largest absolute Gasteiger partial charge is 0.414 e. The molecule has 32 heavy (non-hydrogen) atoms. The van der Waals surface area contributed by atoms with E-state index in [2.05, 4.69) is 81.6 Å². The third kappa shape index (κ3) is 11.4. The van der Waals surface area contributed by atoms with Crippen molar-refractivity contribution >= 4 is 16.6 Å². The molecule has 4 nitrogen and oxygen atoms in total. The minimum atomic E-state index is -1.83. The van der Waals surface area contributed by atoms with Crippen LogP contribution in [-0.4, -0.2) is 46.1 Å². The van der Waals surface area contributed by atoms with Crippen molar-refractivity contribution in [1.29, 1.82) is 0 Å². The Bertz CT molecular complexity index is 550. The number of aliphatic hydroxyl groups excluding tert-OH is 1. The molecule has 0 aliphatic carbocycles. The topological polar surface area (TPSA) is 64.7 Å². The van der Waals surface area contributed by atoms with E-state index < -0.39 is 22.7 Å². The molecule has 6 heteroatoms. The third-order valence-corrected chi connectivity index (χ3v) is 16.5. The van der Waals surface area contributed by atoms with Gasteiger partial charge in [-0.3, -0.25) is 0 Å². The fourth-order valence-electron chi connectivity index (χ4n) is 3.22. The fourth-order valence-corrected chi connectivity index (χ4v) is 6.07. The first-order chi connectivity index (χ1) is 14.4. The number of hydrogen-bond acceptors (Lipinski definition) is 4. The third-order valence-electron chi connectivity index (χ3n) is 7.47. The van der Waals surface area contributed by atoms with Crippen LogP contribution in [0.2, 0.25) is 36.3 Å². The maximum atomic E-state index is 10.6. The Labute approximate surface area is 203 Å². The highest BCUT2D eigenvalue weighted by molar-refractivity contribution is 6.74. The lowest BCUT2D eigenvalue weighted by Crippen LogP contribution is -2.45. The van der Waals surface area contributed by atoms with Crippen LogP contribution in [0.15, 0.2) is 12.2 Å². The lowest BCUT2D eigenvalue weighted by Gasteiger charge is -2.40. The van der Waals surface area contributed by atoms with Crippen molar-refractivity contribution in [3.63, 3.8) is 0 Å². The van der Waals surface area contributed by atoms with Gasteiger partial charge in [0.05, 0.1) is 6.10 Å². The number of rotatable bonds is 14. The summed E-state index contributed by atoms with van der Waals surface area (Å²) in [5.41, 5.74) is 6.46. The standard InChI is InChI=1S/C26H57NO3Si2/c1-13-16-24(30-32(11,12)26(6,7)8)19-21(27)17-15-18-22(28)20-23(14-2)29-31(9,10)25(3,4)5/h15,18,21-24,28H,13-14,16-17,19-20,27H2,1-12H3/b18-15-/t21-,22+,23-,24-/m0/s1. The minimum absolute atomic E-state index is 0.0465. The molecule has 3 N–H and O–H groups in total. The van der Waals surface area contributed by atoms with Crippen molar-refractivity contribution in [2.45, 2.75) is 155 Å². The SMILES string of the molecule is CCC[C@@H](C[C@@H](N)C/C=C\[C@@H](O)C[C@H](CC)O[Si](C)(C)C(C)(C)C)O[Si](C)(C)C(C)(C)C. The lowest BCUT2D eigenvalue weighted by molar-refractivity contribution is 0.107. The van der Waals surface area contributed by atoms with Crippen molar-refractivity contribution in [1.82, 2.24) is 0 Å². The molecule has 0 aromatic carbocycles. The average molecular weight is 488 g/mol. The van der Waals surface area contributed by atoms with Gasteiger partial charge < -0.3 is 19.7 Å². The monoisotopic (exact) mass is 487 g/mol. The molecule has 4 atom stereocenters. The van der Waals surface area contributed by atoms with Crippen LogP contribution in [0.5, 0.6) is 0 Å². The molecule has 192 valence electrons. The van der Waals surface area contributed by atoms with Gasteiger partial charge in [-0.25, -0.2) is 0 Å². The van der Waals surface area contributed by atoms with Gasteiger partial charge in [0, 0.05) is 24.7 Å². The summed E-state index contributed by atoms with van der Waals surface area (Å²) in [5, 5.41) is 10.9. The molecule has 0 saturated carbocycles. The first-order valence-electron chi connectivity index (χ1n) is 12.8. The predicted molar refractivity (Wildman–Crippen MR) is 146 cm³/mol. The zero-order valence-corrected chi connectivity index (χ0v) is 25.5. The summed E-state index contributed by atoms with van der Waals surface area (Å²) in [7, 11) is -3.63. The molecule has 0 heterocycles.